The number of hydrogen-bond donors (Lipinski definition) is 0. The van der Waals surface area contributed by atoms with Crippen molar-refractivity contribution in [2.45, 2.75) is 97.8 Å². The predicted octanol–water partition coefficient (Wildman–Crippen LogP) is 13.1. The van der Waals surface area contributed by atoms with Gasteiger partial charge in [-0.3, -0.25) is 0 Å². The lowest BCUT2D eigenvalue weighted by atomic mass is 9.29. The predicted molar refractivity (Wildman–Crippen MR) is 253 cm³/mol. The fraction of sp³-hybridized carbons (Fsp3) is 0.273. The summed E-state index contributed by atoms with van der Waals surface area (Å²) in [4.78, 5) is 5.01. The molecule has 0 amide bonds. The molecule has 0 aliphatic carbocycles. The van der Waals surface area contributed by atoms with E-state index in [0.717, 1.165) is 11.4 Å². The summed E-state index contributed by atoms with van der Waals surface area (Å²) < 4.78 is 0. The molecule has 0 saturated heterocycles. The number of nitrogens with zero attached hydrogens (tertiary/aromatic N) is 2. The molecule has 0 N–H and O–H groups in total. The minimum Gasteiger partial charge on any atom is -0.312 e. The molecule has 2 nitrogen and oxygen atoms in total. The average Bonchev–Trinajstić information content (AvgIpc) is 3.18. The van der Waals surface area contributed by atoms with Gasteiger partial charge < -0.3 is 9.80 Å². The van der Waals surface area contributed by atoms with Gasteiger partial charge in [0.25, 0.3) is 0 Å². The van der Waals surface area contributed by atoms with Gasteiger partial charge >= 0.3 is 0 Å². The molecule has 0 fully saturated rings. The van der Waals surface area contributed by atoms with Gasteiger partial charge in [-0.1, -0.05) is 167 Å². The van der Waals surface area contributed by atoms with E-state index in [1.807, 2.05) is 0 Å². The summed E-state index contributed by atoms with van der Waals surface area (Å²) in [5.41, 5.74) is 18.2. The lowest BCUT2D eigenvalue weighted by Gasteiger charge is -2.48. The van der Waals surface area contributed by atoms with Crippen LogP contribution in [0, 0.1) is 0 Å². The molecule has 2 aliphatic rings. The standard InChI is InChI=1S/C55H57BN2/c1-52(2,3)38-22-26-41(27-23-38)58-48-31-24-39(53(4,5)6)34-47(48)56-46-35-43(28-29-44(46)55(10,11)50-45(54(7,8)9)30-32-49(58)51(50)56)57(40-19-13-12-14-20-40)42-25-21-36-17-15-16-18-37(36)33-42/h12-35H,1-11H3. The van der Waals surface area contributed by atoms with Gasteiger partial charge in [-0.25, -0.2) is 0 Å². The maximum Gasteiger partial charge on any atom is 0.247 e. The third-order valence-electron chi connectivity index (χ3n) is 12.9. The molecule has 2 aliphatic heterocycles. The highest BCUT2D eigenvalue weighted by molar-refractivity contribution is 6.99. The normalized spacial score (nSPS) is 14.5. The Bertz CT molecular complexity index is 2700. The number of rotatable bonds is 4. The zero-order chi connectivity index (χ0) is 40.9. The zero-order valence-electron chi connectivity index (χ0n) is 36.3. The van der Waals surface area contributed by atoms with Crippen molar-refractivity contribution >= 4 is 68.0 Å². The van der Waals surface area contributed by atoms with E-state index in [2.05, 4.69) is 232 Å². The Hall–Kier alpha value is -5.54. The van der Waals surface area contributed by atoms with Crippen molar-refractivity contribution in [3.63, 3.8) is 0 Å². The van der Waals surface area contributed by atoms with Crippen molar-refractivity contribution in [1.82, 2.24) is 0 Å². The van der Waals surface area contributed by atoms with Crippen LogP contribution in [0.2, 0.25) is 0 Å². The van der Waals surface area contributed by atoms with E-state index in [9.17, 15) is 0 Å². The van der Waals surface area contributed by atoms with Crippen molar-refractivity contribution in [2.75, 3.05) is 9.80 Å². The third kappa shape index (κ3) is 6.17. The van der Waals surface area contributed by atoms with Crippen LogP contribution in [0.4, 0.5) is 34.1 Å². The molecular weight excluding hydrogens is 699 g/mol. The molecule has 0 saturated carbocycles. The molecule has 3 heteroatoms. The van der Waals surface area contributed by atoms with Gasteiger partial charge in [0.1, 0.15) is 0 Å². The van der Waals surface area contributed by atoms with Crippen LogP contribution >= 0.6 is 0 Å². The second-order valence-corrected chi connectivity index (χ2v) is 20.4. The van der Waals surface area contributed by atoms with E-state index in [0.29, 0.717) is 0 Å². The molecule has 2 heterocycles. The van der Waals surface area contributed by atoms with E-state index >= 15 is 0 Å². The van der Waals surface area contributed by atoms with E-state index in [1.54, 1.807) is 0 Å². The van der Waals surface area contributed by atoms with E-state index in [1.165, 1.54) is 77.7 Å². The molecule has 0 radical (unpaired) electrons. The quantitative estimate of drug-likeness (QED) is 0.165. The second kappa shape index (κ2) is 13.2. The Morgan fingerprint density at radius 2 is 1.09 bits per heavy atom. The largest absolute Gasteiger partial charge is 0.312 e. The number of benzene rings is 7. The first-order valence-electron chi connectivity index (χ1n) is 21.1. The minimum atomic E-state index is -0.250. The first kappa shape index (κ1) is 38.0. The number of hydrogen-bond acceptors (Lipinski definition) is 2. The number of fused-ring (bicyclic) bond motifs is 5. The van der Waals surface area contributed by atoms with Gasteiger partial charge in [0.2, 0.25) is 6.71 Å². The Balaban J connectivity index is 1.35. The van der Waals surface area contributed by atoms with Crippen molar-refractivity contribution in [3.05, 3.63) is 173 Å². The lowest BCUT2D eigenvalue weighted by Crippen LogP contribution is -2.64. The Morgan fingerprint density at radius 3 is 1.76 bits per heavy atom. The molecule has 0 bridgehead atoms. The summed E-state index contributed by atoms with van der Waals surface area (Å²) in [7, 11) is 0. The van der Waals surface area contributed by atoms with Gasteiger partial charge in [0.05, 0.1) is 0 Å². The highest BCUT2D eigenvalue weighted by Crippen LogP contribution is 2.47. The van der Waals surface area contributed by atoms with Crippen LogP contribution < -0.4 is 26.2 Å². The third-order valence-corrected chi connectivity index (χ3v) is 12.9. The van der Waals surface area contributed by atoms with Gasteiger partial charge in [-0.05, 0) is 126 Å². The monoisotopic (exact) mass is 756 g/mol. The summed E-state index contributed by atoms with van der Waals surface area (Å²) in [6.07, 6.45) is 0. The van der Waals surface area contributed by atoms with Crippen molar-refractivity contribution < 1.29 is 0 Å². The number of anilines is 6. The summed E-state index contributed by atoms with van der Waals surface area (Å²) in [5.74, 6) is 0. The van der Waals surface area contributed by atoms with Crippen molar-refractivity contribution in [2.24, 2.45) is 0 Å². The lowest BCUT2D eigenvalue weighted by molar-refractivity contribution is 0.552. The van der Waals surface area contributed by atoms with Crippen LogP contribution in [-0.4, -0.2) is 6.71 Å². The molecule has 0 atom stereocenters. The molecule has 0 unspecified atom stereocenters. The molecule has 290 valence electrons. The maximum absolute atomic E-state index is 2.56. The topological polar surface area (TPSA) is 6.48 Å². The van der Waals surface area contributed by atoms with Crippen LogP contribution in [0.3, 0.4) is 0 Å². The first-order chi connectivity index (χ1) is 27.4. The van der Waals surface area contributed by atoms with Crippen LogP contribution in [0.15, 0.2) is 146 Å². The summed E-state index contributed by atoms with van der Waals surface area (Å²) in [6.45, 7) is 26.0. The molecular formula is C55H57BN2. The average molecular weight is 757 g/mol. The smallest absolute Gasteiger partial charge is 0.247 e. The van der Waals surface area contributed by atoms with Crippen molar-refractivity contribution in [3.8, 4) is 0 Å². The van der Waals surface area contributed by atoms with Crippen LogP contribution in [0.5, 0.6) is 0 Å². The Kier molecular flexibility index (Phi) is 8.68. The van der Waals surface area contributed by atoms with Gasteiger partial charge in [-0.2, -0.15) is 0 Å². The minimum absolute atomic E-state index is 0.0105. The van der Waals surface area contributed by atoms with E-state index < -0.39 is 0 Å². The fourth-order valence-electron chi connectivity index (χ4n) is 9.82. The highest BCUT2D eigenvalue weighted by atomic mass is 15.2. The highest BCUT2D eigenvalue weighted by Gasteiger charge is 2.48. The van der Waals surface area contributed by atoms with Crippen LogP contribution in [-0.2, 0) is 21.7 Å². The van der Waals surface area contributed by atoms with E-state index in [-0.39, 0.29) is 28.4 Å². The molecule has 0 spiro atoms. The van der Waals surface area contributed by atoms with Crippen LogP contribution in [0.25, 0.3) is 10.8 Å². The maximum atomic E-state index is 2.56. The van der Waals surface area contributed by atoms with Gasteiger partial charge in [0, 0.05) is 39.5 Å². The molecule has 7 aromatic carbocycles. The second-order valence-electron chi connectivity index (χ2n) is 20.4. The van der Waals surface area contributed by atoms with E-state index in [4.69, 9.17) is 0 Å². The van der Waals surface area contributed by atoms with Gasteiger partial charge in [0.15, 0.2) is 0 Å². The Morgan fingerprint density at radius 1 is 0.483 bits per heavy atom. The molecule has 7 aromatic rings. The van der Waals surface area contributed by atoms with Gasteiger partial charge in [-0.15, -0.1) is 0 Å². The summed E-state index contributed by atoms with van der Waals surface area (Å²) in [5, 5.41) is 2.48. The molecule has 9 rings (SSSR count). The molecule has 58 heavy (non-hydrogen) atoms. The summed E-state index contributed by atoms with van der Waals surface area (Å²) in [6, 6.07) is 55.3. The Labute approximate surface area is 347 Å². The van der Waals surface area contributed by atoms with Crippen molar-refractivity contribution in [1.29, 1.82) is 0 Å². The molecule has 0 aromatic heterocycles. The summed E-state index contributed by atoms with van der Waals surface area (Å²) >= 11 is 0. The SMILES string of the molecule is CC(C)(C)c1ccc(N2c3ccc(C(C)(C)C)cc3B3c4cc(N(c5ccccc5)c5ccc6ccccc6c5)ccc4C(C)(C)c4c(C(C)(C)C)ccc2c43)cc1. The first-order valence-corrected chi connectivity index (χ1v) is 21.1. The fourth-order valence-corrected chi connectivity index (χ4v) is 9.82. The van der Waals surface area contributed by atoms with Crippen LogP contribution in [0.1, 0.15) is 104 Å². The zero-order valence-corrected chi connectivity index (χ0v) is 36.3. The number of para-hydroxylation sites is 1.